The van der Waals surface area contributed by atoms with Crippen molar-refractivity contribution in [3.05, 3.63) is 57.5 Å². The van der Waals surface area contributed by atoms with E-state index in [9.17, 15) is 19.1 Å². The maximum absolute atomic E-state index is 13.5. The summed E-state index contributed by atoms with van der Waals surface area (Å²) in [6.45, 7) is 1.32. The van der Waals surface area contributed by atoms with Crippen LogP contribution >= 0.6 is 11.3 Å². The van der Waals surface area contributed by atoms with Gasteiger partial charge in [0.05, 0.1) is 11.0 Å². The number of amides is 1. The van der Waals surface area contributed by atoms with Crippen LogP contribution in [0.5, 0.6) is 0 Å². The van der Waals surface area contributed by atoms with Crippen LogP contribution in [0.4, 0.5) is 4.39 Å². The summed E-state index contributed by atoms with van der Waals surface area (Å²) in [5, 5.41) is 14.0. The topological polar surface area (TPSA) is 66.4 Å². The van der Waals surface area contributed by atoms with Gasteiger partial charge in [-0.05, 0) is 19.1 Å². The molecule has 0 aliphatic heterocycles. The summed E-state index contributed by atoms with van der Waals surface area (Å²) in [7, 11) is 0. The van der Waals surface area contributed by atoms with E-state index in [0.717, 1.165) is 11.3 Å². The summed E-state index contributed by atoms with van der Waals surface area (Å²) in [4.78, 5) is 23.4. The summed E-state index contributed by atoms with van der Waals surface area (Å²) >= 11 is 1.15. The zero-order valence-corrected chi connectivity index (χ0v) is 12.1. The highest BCUT2D eigenvalue weighted by molar-refractivity contribution is 7.12. The number of thiophene rings is 1. The highest BCUT2D eigenvalue weighted by Crippen LogP contribution is 2.17. The second-order valence-corrected chi connectivity index (χ2v) is 5.41. The first-order chi connectivity index (χ1) is 9.99. The first-order valence-electron chi connectivity index (χ1n) is 6.29. The zero-order chi connectivity index (χ0) is 15.4. The zero-order valence-electron chi connectivity index (χ0n) is 11.3. The Morgan fingerprint density at radius 1 is 1.38 bits per heavy atom. The third-order valence-electron chi connectivity index (χ3n) is 2.95. The molecule has 1 heterocycles. The van der Waals surface area contributed by atoms with Crippen LogP contribution in [0.1, 0.15) is 38.6 Å². The number of carbonyl (C=O) groups is 2. The van der Waals surface area contributed by atoms with Gasteiger partial charge < -0.3 is 10.4 Å². The second-order valence-electron chi connectivity index (χ2n) is 4.50. The maximum atomic E-state index is 13.5. The lowest BCUT2D eigenvalue weighted by molar-refractivity contribution is 0.0918. The van der Waals surface area contributed by atoms with E-state index < -0.39 is 17.8 Å². The Balaban J connectivity index is 1.97. The van der Waals surface area contributed by atoms with Gasteiger partial charge in [0.2, 0.25) is 0 Å². The molecule has 0 saturated carbocycles. The lowest BCUT2D eigenvalue weighted by Gasteiger charge is -2.12. The van der Waals surface area contributed by atoms with Gasteiger partial charge >= 0.3 is 0 Å². The number of ketones is 1. The summed E-state index contributed by atoms with van der Waals surface area (Å²) in [5.74, 6) is -1.03. The Hall–Kier alpha value is -2.05. The fourth-order valence-corrected chi connectivity index (χ4v) is 2.63. The molecule has 1 unspecified atom stereocenters. The number of hydrogen-bond donors (Lipinski definition) is 2. The van der Waals surface area contributed by atoms with E-state index in [1.54, 1.807) is 11.4 Å². The standard InChI is InChI=1S/C15H14FNO3S/c1-9(18)10-6-14(21-8-10)15(20)17-7-13(19)11-4-2-3-5-12(11)16/h2-6,8,13,19H,7H2,1H3,(H,17,20). The number of nitrogens with one attached hydrogen (secondary N) is 1. The van der Waals surface area contributed by atoms with Crippen molar-refractivity contribution < 1.29 is 19.1 Å². The highest BCUT2D eigenvalue weighted by Gasteiger charge is 2.15. The number of rotatable bonds is 5. The van der Waals surface area contributed by atoms with Gasteiger partial charge in [0.25, 0.3) is 5.91 Å². The molecule has 0 fully saturated rings. The number of halogens is 1. The third-order valence-corrected chi connectivity index (χ3v) is 3.88. The Labute approximate surface area is 125 Å². The minimum Gasteiger partial charge on any atom is -0.386 e. The van der Waals surface area contributed by atoms with Crippen molar-refractivity contribution >= 4 is 23.0 Å². The Bertz CT molecular complexity index is 668. The van der Waals surface area contributed by atoms with Gasteiger partial charge in [-0.3, -0.25) is 9.59 Å². The van der Waals surface area contributed by atoms with Crippen LogP contribution in [0.3, 0.4) is 0 Å². The highest BCUT2D eigenvalue weighted by atomic mass is 32.1. The van der Waals surface area contributed by atoms with Crippen LogP contribution in [-0.2, 0) is 0 Å². The summed E-state index contributed by atoms with van der Waals surface area (Å²) < 4.78 is 13.5. The molecule has 0 bridgehead atoms. The fraction of sp³-hybridized carbons (Fsp3) is 0.200. The van der Waals surface area contributed by atoms with Crippen LogP contribution < -0.4 is 5.32 Å². The fourth-order valence-electron chi connectivity index (χ4n) is 1.77. The number of aliphatic hydroxyl groups excluding tert-OH is 1. The molecular weight excluding hydrogens is 293 g/mol. The van der Waals surface area contributed by atoms with Crippen LogP contribution in [0.25, 0.3) is 0 Å². The first-order valence-corrected chi connectivity index (χ1v) is 7.17. The van der Waals surface area contributed by atoms with Crippen molar-refractivity contribution in [1.29, 1.82) is 0 Å². The molecule has 1 aromatic carbocycles. The quantitative estimate of drug-likeness (QED) is 0.834. The van der Waals surface area contributed by atoms with Crippen molar-refractivity contribution in [2.75, 3.05) is 6.54 Å². The van der Waals surface area contributed by atoms with Gasteiger partial charge in [-0.15, -0.1) is 11.3 Å². The second kappa shape index (κ2) is 6.60. The molecule has 1 atom stereocenters. The smallest absolute Gasteiger partial charge is 0.261 e. The van der Waals surface area contributed by atoms with Gasteiger partial charge in [0, 0.05) is 23.1 Å². The molecule has 0 spiro atoms. The van der Waals surface area contributed by atoms with Crippen LogP contribution in [0.2, 0.25) is 0 Å². The van der Waals surface area contributed by atoms with Crippen LogP contribution in [0.15, 0.2) is 35.7 Å². The van der Waals surface area contributed by atoms with E-state index in [1.807, 2.05) is 0 Å². The molecule has 1 aromatic heterocycles. The number of carbonyl (C=O) groups excluding carboxylic acids is 2. The summed E-state index contributed by atoms with van der Waals surface area (Å²) in [5.41, 5.74) is 0.605. The molecule has 110 valence electrons. The number of aliphatic hydroxyl groups is 1. The normalized spacial score (nSPS) is 12.0. The van der Waals surface area contributed by atoms with Gasteiger partial charge in [-0.2, -0.15) is 0 Å². The predicted molar refractivity (Wildman–Crippen MR) is 78.0 cm³/mol. The van der Waals surface area contributed by atoms with Gasteiger partial charge in [0.1, 0.15) is 5.82 Å². The molecule has 1 amide bonds. The van der Waals surface area contributed by atoms with Gasteiger partial charge in [-0.25, -0.2) is 4.39 Å². The third kappa shape index (κ3) is 3.74. The molecule has 0 radical (unpaired) electrons. The van der Waals surface area contributed by atoms with Crippen molar-refractivity contribution in [3.8, 4) is 0 Å². The number of Topliss-reactive ketones (excluding diaryl/α,β-unsaturated/α-hetero) is 1. The monoisotopic (exact) mass is 307 g/mol. The van der Waals surface area contributed by atoms with Crippen molar-refractivity contribution in [3.63, 3.8) is 0 Å². The largest absolute Gasteiger partial charge is 0.386 e. The number of benzene rings is 1. The Morgan fingerprint density at radius 3 is 2.71 bits per heavy atom. The lowest BCUT2D eigenvalue weighted by atomic mass is 10.1. The van der Waals surface area contributed by atoms with Crippen molar-refractivity contribution in [1.82, 2.24) is 5.32 Å². The maximum Gasteiger partial charge on any atom is 0.261 e. The van der Waals surface area contributed by atoms with E-state index in [1.165, 1.54) is 31.2 Å². The predicted octanol–water partition coefficient (Wildman–Crippen LogP) is 2.55. The average molecular weight is 307 g/mol. The minimum absolute atomic E-state index is 0.104. The molecule has 6 heteroatoms. The SMILES string of the molecule is CC(=O)c1csc(C(=O)NCC(O)c2ccccc2F)c1. The van der Waals surface area contributed by atoms with Gasteiger partial charge in [-0.1, -0.05) is 18.2 Å². The van der Waals surface area contributed by atoms with E-state index in [2.05, 4.69) is 5.32 Å². The summed E-state index contributed by atoms with van der Waals surface area (Å²) in [6, 6.07) is 7.35. The lowest BCUT2D eigenvalue weighted by Crippen LogP contribution is -2.28. The average Bonchev–Trinajstić information content (AvgIpc) is 2.95. The van der Waals surface area contributed by atoms with E-state index >= 15 is 0 Å². The van der Waals surface area contributed by atoms with E-state index in [-0.39, 0.29) is 17.9 Å². The Kier molecular flexibility index (Phi) is 4.82. The molecule has 2 aromatic rings. The van der Waals surface area contributed by atoms with Gasteiger partial charge in [0.15, 0.2) is 5.78 Å². The Morgan fingerprint density at radius 2 is 2.10 bits per heavy atom. The molecule has 2 N–H and O–H groups in total. The van der Waals surface area contributed by atoms with E-state index in [4.69, 9.17) is 0 Å². The van der Waals surface area contributed by atoms with E-state index in [0.29, 0.717) is 10.4 Å². The molecule has 21 heavy (non-hydrogen) atoms. The molecule has 0 saturated heterocycles. The minimum atomic E-state index is -1.12. The molecule has 4 nitrogen and oxygen atoms in total. The van der Waals surface area contributed by atoms with Crippen LogP contribution in [0, 0.1) is 5.82 Å². The first kappa shape index (κ1) is 15.3. The number of hydrogen-bond acceptors (Lipinski definition) is 4. The molecule has 0 aliphatic rings. The van der Waals surface area contributed by atoms with Crippen molar-refractivity contribution in [2.24, 2.45) is 0 Å². The molecule has 2 rings (SSSR count). The van der Waals surface area contributed by atoms with Crippen LogP contribution in [-0.4, -0.2) is 23.3 Å². The van der Waals surface area contributed by atoms with Crippen molar-refractivity contribution in [2.45, 2.75) is 13.0 Å². The molecular formula is C15H14FNO3S. The molecule has 0 aliphatic carbocycles. The summed E-state index contributed by atoms with van der Waals surface area (Å²) in [6.07, 6.45) is -1.12.